The topological polar surface area (TPSA) is 157 Å². The molecule has 0 aliphatic carbocycles. The van der Waals surface area contributed by atoms with Gasteiger partial charge < -0.3 is 26.4 Å². The highest BCUT2D eigenvalue weighted by Crippen LogP contribution is 2.10. The number of benzene rings is 1. The smallest absolute Gasteiger partial charge is 0.306 e. The lowest BCUT2D eigenvalue weighted by atomic mass is 10.0. The van der Waals surface area contributed by atoms with Gasteiger partial charge in [-0.1, -0.05) is 30.3 Å². The highest BCUT2D eigenvalue weighted by atomic mass is 16.6. The van der Waals surface area contributed by atoms with Gasteiger partial charge >= 0.3 is 5.97 Å². The quantitative estimate of drug-likeness (QED) is 0.347. The average molecular weight is 463 g/mol. The molecule has 0 heterocycles. The Labute approximate surface area is 194 Å². The van der Waals surface area contributed by atoms with E-state index in [2.05, 4.69) is 16.0 Å². The number of primary amides is 1. The number of hydrogen-bond donors (Lipinski definition) is 4. The zero-order valence-corrected chi connectivity index (χ0v) is 19.8. The number of amides is 4. The molecule has 3 atom stereocenters. The molecule has 0 saturated heterocycles. The van der Waals surface area contributed by atoms with Gasteiger partial charge in [0, 0.05) is 19.8 Å². The van der Waals surface area contributed by atoms with Crippen LogP contribution in [0.4, 0.5) is 0 Å². The van der Waals surface area contributed by atoms with Crippen molar-refractivity contribution in [1.29, 1.82) is 0 Å². The van der Waals surface area contributed by atoms with Crippen LogP contribution in [0.5, 0.6) is 0 Å². The summed E-state index contributed by atoms with van der Waals surface area (Å²) in [5.74, 6) is -2.94. The molecular formula is C23H34N4O6. The van der Waals surface area contributed by atoms with Crippen molar-refractivity contribution in [3.8, 4) is 0 Å². The van der Waals surface area contributed by atoms with Gasteiger partial charge in [0.1, 0.15) is 23.7 Å². The summed E-state index contributed by atoms with van der Waals surface area (Å²) < 4.78 is 5.18. The molecular weight excluding hydrogens is 428 g/mol. The van der Waals surface area contributed by atoms with Gasteiger partial charge in [0.25, 0.3) is 0 Å². The van der Waals surface area contributed by atoms with E-state index in [1.54, 1.807) is 20.8 Å². The van der Waals surface area contributed by atoms with Crippen molar-refractivity contribution in [3.05, 3.63) is 35.9 Å². The molecule has 0 aromatic heterocycles. The summed E-state index contributed by atoms with van der Waals surface area (Å²) in [5.41, 5.74) is 5.51. The number of hydrogen-bond acceptors (Lipinski definition) is 6. The summed E-state index contributed by atoms with van der Waals surface area (Å²) >= 11 is 0. The van der Waals surface area contributed by atoms with Crippen LogP contribution in [0.3, 0.4) is 0 Å². The van der Waals surface area contributed by atoms with Crippen LogP contribution in [-0.4, -0.2) is 53.3 Å². The maximum Gasteiger partial charge on any atom is 0.306 e. The Morgan fingerprint density at radius 2 is 1.55 bits per heavy atom. The van der Waals surface area contributed by atoms with Gasteiger partial charge in [-0.3, -0.25) is 24.0 Å². The second kappa shape index (κ2) is 12.6. The maximum atomic E-state index is 12.7. The number of carbonyl (C=O) groups excluding carboxylic acids is 5. The first-order valence-electron chi connectivity index (χ1n) is 10.7. The fraction of sp³-hybridized carbons (Fsp3) is 0.522. The molecule has 0 spiro atoms. The van der Waals surface area contributed by atoms with E-state index in [4.69, 9.17) is 10.5 Å². The molecule has 0 aliphatic heterocycles. The van der Waals surface area contributed by atoms with E-state index in [0.29, 0.717) is 0 Å². The lowest BCUT2D eigenvalue weighted by Crippen LogP contribution is -2.55. The van der Waals surface area contributed by atoms with Crippen molar-refractivity contribution in [2.45, 2.75) is 77.6 Å². The Morgan fingerprint density at radius 1 is 0.939 bits per heavy atom. The average Bonchev–Trinajstić information content (AvgIpc) is 2.69. The summed E-state index contributed by atoms with van der Waals surface area (Å²) in [5, 5.41) is 7.56. The first-order valence-corrected chi connectivity index (χ1v) is 10.7. The van der Waals surface area contributed by atoms with Gasteiger partial charge in [-0.15, -0.1) is 0 Å². The van der Waals surface area contributed by atoms with Crippen molar-refractivity contribution in [1.82, 2.24) is 16.0 Å². The molecule has 10 nitrogen and oxygen atoms in total. The molecule has 0 radical (unpaired) electrons. The Morgan fingerprint density at radius 3 is 2.06 bits per heavy atom. The number of nitrogens with one attached hydrogen (secondary N) is 3. The number of nitrogens with two attached hydrogens (primary N) is 1. The van der Waals surface area contributed by atoms with E-state index < -0.39 is 47.4 Å². The van der Waals surface area contributed by atoms with Crippen LogP contribution in [0.25, 0.3) is 0 Å². The van der Waals surface area contributed by atoms with Gasteiger partial charge in [-0.2, -0.15) is 0 Å². The number of esters is 1. The Hall–Kier alpha value is -3.43. The number of ether oxygens (including phenoxy) is 1. The third-order valence-electron chi connectivity index (χ3n) is 4.45. The molecule has 1 aromatic rings. The minimum Gasteiger partial charge on any atom is -0.460 e. The van der Waals surface area contributed by atoms with E-state index in [1.807, 2.05) is 30.3 Å². The van der Waals surface area contributed by atoms with E-state index in [9.17, 15) is 24.0 Å². The lowest BCUT2D eigenvalue weighted by Gasteiger charge is -2.23. The van der Waals surface area contributed by atoms with Crippen LogP contribution in [0, 0.1) is 0 Å². The molecule has 1 unspecified atom stereocenters. The summed E-state index contributed by atoms with van der Waals surface area (Å²) in [6.07, 6.45) is 0.0765. The fourth-order valence-electron chi connectivity index (χ4n) is 2.92. The first kappa shape index (κ1) is 27.6. The highest BCUT2D eigenvalue weighted by molar-refractivity contribution is 5.93. The van der Waals surface area contributed by atoms with Crippen LogP contribution in [0.2, 0.25) is 0 Å². The van der Waals surface area contributed by atoms with Gasteiger partial charge in [-0.25, -0.2) is 0 Å². The van der Waals surface area contributed by atoms with Crippen LogP contribution in [0.15, 0.2) is 30.3 Å². The Bertz CT molecular complexity index is 850. The van der Waals surface area contributed by atoms with Crippen molar-refractivity contribution in [3.63, 3.8) is 0 Å². The molecule has 5 N–H and O–H groups in total. The van der Waals surface area contributed by atoms with Crippen molar-refractivity contribution >= 4 is 29.6 Å². The molecule has 182 valence electrons. The summed E-state index contributed by atoms with van der Waals surface area (Å²) in [7, 11) is 0. The summed E-state index contributed by atoms with van der Waals surface area (Å²) in [6, 6.07) is 6.08. The third kappa shape index (κ3) is 11.1. The summed E-state index contributed by atoms with van der Waals surface area (Å²) in [4.78, 5) is 60.4. The highest BCUT2D eigenvalue weighted by Gasteiger charge is 2.27. The Kier molecular flexibility index (Phi) is 10.5. The van der Waals surface area contributed by atoms with Crippen molar-refractivity contribution in [2.75, 3.05) is 0 Å². The monoisotopic (exact) mass is 462 g/mol. The standard InChI is InChI=1S/C23H34N4O6/c1-14(21(31)27-17(20(24)30)11-12-19(29)33-23(3,4)5)25-22(32)18(26-15(2)28)13-16-9-7-6-8-10-16/h6-10,14,17-18H,11-13H2,1-5H3,(H2,24,30)(H,25,32)(H,26,28)(H,27,31)/t14-,17-,18?/m0/s1. The minimum atomic E-state index is -1.11. The molecule has 10 heteroatoms. The molecule has 0 aliphatic rings. The van der Waals surface area contributed by atoms with Gasteiger partial charge in [0.05, 0.1) is 0 Å². The van der Waals surface area contributed by atoms with Crippen molar-refractivity contribution < 1.29 is 28.7 Å². The van der Waals surface area contributed by atoms with E-state index in [0.717, 1.165) is 5.56 Å². The lowest BCUT2D eigenvalue weighted by molar-refractivity contribution is -0.155. The second-order valence-corrected chi connectivity index (χ2v) is 8.76. The number of rotatable bonds is 11. The molecule has 0 bridgehead atoms. The Balaban J connectivity index is 2.71. The van der Waals surface area contributed by atoms with Crippen molar-refractivity contribution in [2.24, 2.45) is 5.73 Å². The van der Waals surface area contributed by atoms with Gasteiger partial charge in [0.15, 0.2) is 0 Å². The predicted molar refractivity (Wildman–Crippen MR) is 122 cm³/mol. The predicted octanol–water partition coefficient (Wildman–Crippen LogP) is 0.331. The van der Waals surface area contributed by atoms with Crippen LogP contribution >= 0.6 is 0 Å². The second-order valence-electron chi connectivity index (χ2n) is 8.76. The zero-order valence-electron chi connectivity index (χ0n) is 19.8. The van der Waals surface area contributed by atoms with Crippen LogP contribution < -0.4 is 21.7 Å². The largest absolute Gasteiger partial charge is 0.460 e. The normalized spacial score (nSPS) is 13.7. The molecule has 4 amide bonds. The molecule has 33 heavy (non-hydrogen) atoms. The fourth-order valence-corrected chi connectivity index (χ4v) is 2.92. The maximum absolute atomic E-state index is 12.7. The summed E-state index contributed by atoms with van der Waals surface area (Å²) in [6.45, 7) is 7.88. The zero-order chi connectivity index (χ0) is 25.2. The van der Waals surface area contributed by atoms with E-state index in [1.165, 1.54) is 13.8 Å². The van der Waals surface area contributed by atoms with Gasteiger partial charge in [-0.05, 0) is 39.7 Å². The molecule has 0 saturated carbocycles. The van der Waals surface area contributed by atoms with E-state index >= 15 is 0 Å². The number of carbonyl (C=O) groups is 5. The first-order chi connectivity index (χ1) is 15.3. The molecule has 1 aromatic carbocycles. The van der Waals surface area contributed by atoms with Crippen LogP contribution in [0.1, 0.15) is 53.0 Å². The van der Waals surface area contributed by atoms with E-state index in [-0.39, 0.29) is 25.2 Å². The van der Waals surface area contributed by atoms with Gasteiger partial charge in [0.2, 0.25) is 23.6 Å². The molecule has 0 fully saturated rings. The SMILES string of the molecule is CC(=O)NC(Cc1ccccc1)C(=O)N[C@@H](C)C(=O)N[C@@H](CCC(=O)OC(C)(C)C)C(N)=O. The van der Waals surface area contributed by atoms with Crippen LogP contribution in [-0.2, 0) is 35.1 Å². The molecule has 1 rings (SSSR count). The minimum absolute atomic E-state index is 0.0425. The third-order valence-corrected chi connectivity index (χ3v) is 4.45.